The predicted molar refractivity (Wildman–Crippen MR) is 88.8 cm³/mol. The van der Waals surface area contributed by atoms with Crippen LogP contribution in [-0.2, 0) is 4.74 Å². The van der Waals surface area contributed by atoms with Crippen molar-refractivity contribution in [2.24, 2.45) is 11.7 Å². The van der Waals surface area contributed by atoms with E-state index in [4.69, 9.17) is 10.5 Å². The van der Waals surface area contributed by atoms with E-state index in [9.17, 15) is 0 Å². The molecule has 0 bridgehead atoms. The molecule has 20 heavy (non-hydrogen) atoms. The SMILES string of the molecule is COCCN(CC(C)C)C(c1ccc(Br)cc1)C(C)N. The number of benzene rings is 1. The molecule has 0 heterocycles. The molecule has 1 aromatic rings. The van der Waals surface area contributed by atoms with Gasteiger partial charge in [0.05, 0.1) is 6.61 Å². The molecule has 0 radical (unpaired) electrons. The molecule has 0 fully saturated rings. The first kappa shape index (κ1) is 17.6. The van der Waals surface area contributed by atoms with Crippen LogP contribution in [0.25, 0.3) is 0 Å². The summed E-state index contributed by atoms with van der Waals surface area (Å²) in [4.78, 5) is 2.43. The van der Waals surface area contributed by atoms with Gasteiger partial charge in [-0.25, -0.2) is 0 Å². The number of methoxy groups -OCH3 is 1. The van der Waals surface area contributed by atoms with E-state index in [0.717, 1.165) is 24.2 Å². The maximum atomic E-state index is 6.26. The van der Waals surface area contributed by atoms with Gasteiger partial charge < -0.3 is 10.5 Å². The molecular formula is C16H27BrN2O. The molecule has 0 saturated carbocycles. The number of hydrogen-bond acceptors (Lipinski definition) is 3. The second kappa shape index (κ2) is 8.78. The number of hydrogen-bond donors (Lipinski definition) is 1. The molecule has 0 aliphatic heterocycles. The van der Waals surface area contributed by atoms with Gasteiger partial charge in [0.2, 0.25) is 0 Å². The lowest BCUT2D eigenvalue weighted by molar-refractivity contribution is 0.101. The van der Waals surface area contributed by atoms with Crippen molar-refractivity contribution < 1.29 is 4.74 Å². The predicted octanol–water partition coefficient (Wildman–Crippen LogP) is 3.44. The van der Waals surface area contributed by atoms with E-state index < -0.39 is 0 Å². The van der Waals surface area contributed by atoms with Crippen LogP contribution < -0.4 is 5.73 Å². The average molecular weight is 343 g/mol. The van der Waals surface area contributed by atoms with Crippen LogP contribution in [0.5, 0.6) is 0 Å². The number of rotatable bonds is 8. The largest absolute Gasteiger partial charge is 0.383 e. The minimum atomic E-state index is 0.0757. The van der Waals surface area contributed by atoms with Crippen LogP contribution in [0.3, 0.4) is 0 Å². The third kappa shape index (κ3) is 5.52. The van der Waals surface area contributed by atoms with Crippen molar-refractivity contribution in [3.8, 4) is 0 Å². The molecule has 1 aromatic carbocycles. The summed E-state index contributed by atoms with van der Waals surface area (Å²) in [6, 6.07) is 8.76. The minimum Gasteiger partial charge on any atom is -0.383 e. The fourth-order valence-corrected chi connectivity index (χ4v) is 2.79. The molecule has 0 amide bonds. The zero-order valence-corrected chi connectivity index (χ0v) is 14.6. The molecule has 2 unspecified atom stereocenters. The van der Waals surface area contributed by atoms with Crippen molar-refractivity contribution in [2.75, 3.05) is 26.8 Å². The second-order valence-electron chi connectivity index (χ2n) is 5.74. The fourth-order valence-electron chi connectivity index (χ4n) is 2.53. The summed E-state index contributed by atoms with van der Waals surface area (Å²) in [6.07, 6.45) is 0. The lowest BCUT2D eigenvalue weighted by Crippen LogP contribution is -2.42. The van der Waals surface area contributed by atoms with Gasteiger partial charge in [0.25, 0.3) is 0 Å². The van der Waals surface area contributed by atoms with E-state index in [1.807, 2.05) is 0 Å². The Morgan fingerprint density at radius 1 is 1.20 bits per heavy atom. The quantitative estimate of drug-likeness (QED) is 0.786. The van der Waals surface area contributed by atoms with Gasteiger partial charge in [0.1, 0.15) is 0 Å². The molecule has 0 aliphatic rings. The average Bonchev–Trinajstić information content (AvgIpc) is 2.37. The van der Waals surface area contributed by atoms with Crippen LogP contribution >= 0.6 is 15.9 Å². The topological polar surface area (TPSA) is 38.5 Å². The number of ether oxygens (including phenoxy) is 1. The molecule has 4 heteroatoms. The highest BCUT2D eigenvalue weighted by molar-refractivity contribution is 9.10. The van der Waals surface area contributed by atoms with E-state index in [2.05, 4.69) is 65.9 Å². The van der Waals surface area contributed by atoms with E-state index in [0.29, 0.717) is 5.92 Å². The van der Waals surface area contributed by atoms with Gasteiger partial charge in [-0.05, 0) is 30.5 Å². The van der Waals surface area contributed by atoms with Crippen molar-refractivity contribution in [2.45, 2.75) is 32.9 Å². The zero-order chi connectivity index (χ0) is 15.1. The molecule has 0 saturated heterocycles. The monoisotopic (exact) mass is 342 g/mol. The summed E-state index contributed by atoms with van der Waals surface area (Å²) in [6.45, 7) is 9.20. The van der Waals surface area contributed by atoms with Crippen LogP contribution in [0.1, 0.15) is 32.4 Å². The highest BCUT2D eigenvalue weighted by atomic mass is 79.9. The highest BCUT2D eigenvalue weighted by Crippen LogP contribution is 2.25. The first-order chi connectivity index (χ1) is 9.45. The van der Waals surface area contributed by atoms with Crippen LogP contribution in [0.4, 0.5) is 0 Å². The van der Waals surface area contributed by atoms with Crippen molar-refractivity contribution in [3.63, 3.8) is 0 Å². The maximum Gasteiger partial charge on any atom is 0.0589 e. The Morgan fingerprint density at radius 3 is 2.25 bits per heavy atom. The third-order valence-corrected chi connectivity index (χ3v) is 3.81. The Hall–Kier alpha value is -0.420. The zero-order valence-electron chi connectivity index (χ0n) is 13.0. The van der Waals surface area contributed by atoms with E-state index >= 15 is 0 Å². The molecule has 1 rings (SSSR count). The van der Waals surface area contributed by atoms with Crippen molar-refractivity contribution in [1.29, 1.82) is 0 Å². The Bertz CT molecular complexity index is 379. The van der Waals surface area contributed by atoms with Crippen LogP contribution in [0.2, 0.25) is 0 Å². The Morgan fingerprint density at radius 2 is 1.80 bits per heavy atom. The van der Waals surface area contributed by atoms with Crippen molar-refractivity contribution in [1.82, 2.24) is 4.90 Å². The third-order valence-electron chi connectivity index (χ3n) is 3.29. The highest BCUT2D eigenvalue weighted by Gasteiger charge is 2.24. The standard InChI is InChI=1S/C16H27BrN2O/c1-12(2)11-19(9-10-20-4)16(13(3)18)14-5-7-15(17)8-6-14/h5-8,12-13,16H,9-11,18H2,1-4H3. The Balaban J connectivity index is 2.96. The lowest BCUT2D eigenvalue weighted by atomic mass is 9.98. The first-order valence-corrected chi connectivity index (χ1v) is 7.99. The smallest absolute Gasteiger partial charge is 0.0589 e. The molecule has 114 valence electrons. The number of halogens is 1. The van der Waals surface area contributed by atoms with E-state index in [1.54, 1.807) is 7.11 Å². The molecular weight excluding hydrogens is 316 g/mol. The summed E-state index contributed by atoms with van der Waals surface area (Å²) < 4.78 is 6.34. The Labute approximate surface area is 131 Å². The van der Waals surface area contributed by atoms with E-state index in [1.165, 1.54) is 5.56 Å². The summed E-state index contributed by atoms with van der Waals surface area (Å²) >= 11 is 3.49. The fraction of sp³-hybridized carbons (Fsp3) is 0.625. The van der Waals surface area contributed by atoms with Crippen LogP contribution in [0.15, 0.2) is 28.7 Å². The first-order valence-electron chi connectivity index (χ1n) is 7.19. The summed E-state index contributed by atoms with van der Waals surface area (Å²) in [5.41, 5.74) is 7.52. The lowest BCUT2D eigenvalue weighted by Gasteiger charge is -2.35. The van der Waals surface area contributed by atoms with Gasteiger partial charge in [-0.15, -0.1) is 0 Å². The Kier molecular flexibility index (Phi) is 7.74. The number of nitrogens with zero attached hydrogens (tertiary/aromatic N) is 1. The second-order valence-corrected chi connectivity index (χ2v) is 6.65. The normalized spacial score (nSPS) is 14.8. The van der Waals surface area contributed by atoms with Gasteiger partial charge in [-0.3, -0.25) is 4.90 Å². The van der Waals surface area contributed by atoms with Gasteiger partial charge >= 0.3 is 0 Å². The maximum absolute atomic E-state index is 6.26. The van der Waals surface area contributed by atoms with Gasteiger partial charge in [-0.2, -0.15) is 0 Å². The number of nitrogens with two attached hydrogens (primary N) is 1. The summed E-state index contributed by atoms with van der Waals surface area (Å²) in [5.74, 6) is 0.601. The van der Waals surface area contributed by atoms with Crippen LogP contribution in [0, 0.1) is 5.92 Å². The van der Waals surface area contributed by atoms with Crippen molar-refractivity contribution in [3.05, 3.63) is 34.3 Å². The van der Waals surface area contributed by atoms with Crippen LogP contribution in [-0.4, -0.2) is 37.7 Å². The minimum absolute atomic E-state index is 0.0757. The van der Waals surface area contributed by atoms with E-state index in [-0.39, 0.29) is 12.1 Å². The van der Waals surface area contributed by atoms with Crippen molar-refractivity contribution >= 4 is 15.9 Å². The summed E-state index contributed by atoms with van der Waals surface area (Å²) in [5, 5.41) is 0. The summed E-state index contributed by atoms with van der Waals surface area (Å²) in [7, 11) is 1.74. The molecule has 2 atom stereocenters. The molecule has 3 nitrogen and oxygen atoms in total. The molecule has 0 aromatic heterocycles. The molecule has 0 aliphatic carbocycles. The van der Waals surface area contributed by atoms with Gasteiger partial charge in [0.15, 0.2) is 0 Å². The molecule has 2 N–H and O–H groups in total. The van der Waals surface area contributed by atoms with Gasteiger partial charge in [0, 0.05) is 36.8 Å². The van der Waals surface area contributed by atoms with Gasteiger partial charge in [-0.1, -0.05) is 41.9 Å². The molecule has 0 spiro atoms.